The van der Waals surface area contributed by atoms with Crippen LogP contribution in [0.25, 0.3) is 0 Å². The summed E-state index contributed by atoms with van der Waals surface area (Å²) in [5.74, 6) is -2.11. The summed E-state index contributed by atoms with van der Waals surface area (Å²) in [7, 11) is 0. The van der Waals surface area contributed by atoms with Gasteiger partial charge in [0.05, 0.1) is 6.04 Å². The fourth-order valence-electron chi connectivity index (χ4n) is 2.30. The topological polar surface area (TPSA) is 165 Å². The van der Waals surface area contributed by atoms with Gasteiger partial charge in [-0.25, -0.2) is 4.79 Å². The summed E-state index contributed by atoms with van der Waals surface area (Å²) in [4.78, 5) is 48.7. The molecule has 7 N–H and O–H groups in total. The molecule has 0 bridgehead atoms. The van der Waals surface area contributed by atoms with E-state index in [9.17, 15) is 24.3 Å². The highest BCUT2D eigenvalue weighted by Gasteiger charge is 2.33. The normalized spacial score (nSPS) is 13.8. The van der Waals surface area contributed by atoms with E-state index >= 15 is 0 Å². The van der Waals surface area contributed by atoms with Crippen LogP contribution in [-0.2, 0) is 20.8 Å². The summed E-state index contributed by atoms with van der Waals surface area (Å²) < 4.78 is 0. The maximum Gasteiger partial charge on any atom is 0.312 e. The molecular formula is C17H24N4O5S2. The molecule has 0 aromatic heterocycles. The molecule has 9 nitrogen and oxygen atoms in total. The van der Waals surface area contributed by atoms with Crippen LogP contribution in [0.4, 0.5) is 4.79 Å². The van der Waals surface area contributed by atoms with Gasteiger partial charge >= 0.3 is 6.03 Å². The van der Waals surface area contributed by atoms with Crippen LogP contribution < -0.4 is 22.1 Å². The number of ketones is 2. The van der Waals surface area contributed by atoms with Gasteiger partial charge in [-0.05, 0) is 24.0 Å². The summed E-state index contributed by atoms with van der Waals surface area (Å²) in [6.45, 7) is 0. The lowest BCUT2D eigenvalue weighted by Crippen LogP contribution is -2.55. The van der Waals surface area contributed by atoms with Crippen LogP contribution in [0.3, 0.4) is 0 Å². The third-order valence-corrected chi connectivity index (χ3v) is 4.81. The van der Waals surface area contributed by atoms with Gasteiger partial charge in [-0.3, -0.25) is 14.4 Å². The van der Waals surface area contributed by atoms with Gasteiger partial charge in [-0.2, -0.15) is 24.4 Å². The van der Waals surface area contributed by atoms with Crippen molar-refractivity contribution in [3.8, 4) is 5.75 Å². The molecule has 0 spiro atoms. The van der Waals surface area contributed by atoms with E-state index in [-0.39, 0.29) is 23.7 Å². The summed E-state index contributed by atoms with van der Waals surface area (Å²) >= 11 is 5.19. The third kappa shape index (κ3) is 7.41. The van der Waals surface area contributed by atoms with E-state index in [0.717, 1.165) is 0 Å². The zero-order chi connectivity index (χ0) is 21.3. The number of urea groups is 1. The molecule has 11 heteroatoms. The number of primary amides is 1. The number of aromatic hydroxyl groups is 1. The number of benzene rings is 1. The van der Waals surface area contributed by atoms with Crippen molar-refractivity contribution in [1.82, 2.24) is 10.6 Å². The Balaban J connectivity index is 2.99. The number of hydrogen-bond donors (Lipinski definition) is 6. The van der Waals surface area contributed by atoms with Crippen LogP contribution in [-0.4, -0.2) is 64.5 Å². The van der Waals surface area contributed by atoms with E-state index in [1.165, 1.54) is 23.9 Å². The van der Waals surface area contributed by atoms with Gasteiger partial charge in [0.15, 0.2) is 0 Å². The molecule has 0 radical (unpaired) electrons. The Morgan fingerprint density at radius 2 is 1.68 bits per heavy atom. The quantitative estimate of drug-likeness (QED) is 0.199. The Hall–Kier alpha value is -2.24. The van der Waals surface area contributed by atoms with Gasteiger partial charge in [-0.1, -0.05) is 12.1 Å². The summed E-state index contributed by atoms with van der Waals surface area (Å²) in [5, 5.41) is 14.1. The molecule has 2 unspecified atom stereocenters. The Bertz CT molecular complexity index is 714. The van der Waals surface area contributed by atoms with Crippen LogP contribution in [0.2, 0.25) is 0 Å². The van der Waals surface area contributed by atoms with Crippen LogP contribution >= 0.6 is 24.4 Å². The molecule has 1 rings (SSSR count). The van der Waals surface area contributed by atoms with Crippen LogP contribution in [0.1, 0.15) is 5.56 Å². The number of nitrogens with two attached hydrogens (primary N) is 2. The summed E-state index contributed by atoms with van der Waals surface area (Å²) in [6.07, 6.45) is 1.70. The zero-order valence-corrected chi connectivity index (χ0v) is 17.0. The Morgan fingerprint density at radius 1 is 1.11 bits per heavy atom. The van der Waals surface area contributed by atoms with Crippen LogP contribution in [0.5, 0.6) is 5.75 Å². The average Bonchev–Trinajstić information content (AvgIpc) is 2.66. The third-order valence-electron chi connectivity index (χ3n) is 3.75. The first-order chi connectivity index (χ1) is 13.2. The van der Waals surface area contributed by atoms with E-state index in [4.69, 9.17) is 11.5 Å². The highest BCUT2D eigenvalue weighted by Crippen LogP contribution is 2.12. The molecule has 0 heterocycles. The molecule has 0 aliphatic heterocycles. The molecule has 0 fully saturated rings. The maximum atomic E-state index is 12.7. The second-order valence-electron chi connectivity index (χ2n) is 5.97. The fraction of sp³-hybridized carbons (Fsp3) is 0.412. The first-order valence-electron chi connectivity index (χ1n) is 8.27. The van der Waals surface area contributed by atoms with E-state index in [1.54, 1.807) is 18.4 Å². The van der Waals surface area contributed by atoms with Crippen molar-refractivity contribution >= 4 is 47.9 Å². The minimum atomic E-state index is -1.21. The fourth-order valence-corrected chi connectivity index (χ4v) is 3.04. The number of carbonyl (C=O) groups is 4. The lowest BCUT2D eigenvalue weighted by Gasteiger charge is -2.21. The molecule has 154 valence electrons. The molecule has 3 amide bonds. The zero-order valence-electron chi connectivity index (χ0n) is 15.3. The molecule has 0 aliphatic carbocycles. The second kappa shape index (κ2) is 11.6. The Kier molecular flexibility index (Phi) is 9.83. The van der Waals surface area contributed by atoms with Crippen molar-refractivity contribution in [3.05, 3.63) is 29.8 Å². The highest BCUT2D eigenvalue weighted by molar-refractivity contribution is 7.98. The van der Waals surface area contributed by atoms with Gasteiger partial charge in [0.25, 0.3) is 0 Å². The molecule has 3 atom stereocenters. The van der Waals surface area contributed by atoms with Gasteiger partial charge in [0.2, 0.25) is 17.5 Å². The van der Waals surface area contributed by atoms with E-state index in [2.05, 4.69) is 23.3 Å². The van der Waals surface area contributed by atoms with Crippen molar-refractivity contribution in [2.75, 3.05) is 17.8 Å². The number of nitrogens with one attached hydrogen (secondary N) is 2. The van der Waals surface area contributed by atoms with Gasteiger partial charge in [-0.15, -0.1) is 0 Å². The van der Waals surface area contributed by atoms with E-state index in [0.29, 0.717) is 5.56 Å². The van der Waals surface area contributed by atoms with E-state index < -0.39 is 41.6 Å². The molecular weight excluding hydrogens is 404 g/mol. The summed E-state index contributed by atoms with van der Waals surface area (Å²) in [6, 6.07) is 1.73. The first-order valence-corrected chi connectivity index (χ1v) is 10.3. The molecule has 1 aromatic rings. The monoisotopic (exact) mass is 428 g/mol. The number of phenols is 1. The average molecular weight is 429 g/mol. The number of hydrogen-bond acceptors (Lipinski definition) is 8. The van der Waals surface area contributed by atoms with Gasteiger partial charge < -0.3 is 27.2 Å². The Morgan fingerprint density at radius 3 is 2.18 bits per heavy atom. The Labute approximate surface area is 172 Å². The number of thiol groups is 1. The lowest BCUT2D eigenvalue weighted by atomic mass is 9.97. The lowest BCUT2D eigenvalue weighted by molar-refractivity contribution is -0.139. The highest BCUT2D eigenvalue weighted by atomic mass is 32.2. The van der Waals surface area contributed by atoms with Gasteiger partial charge in [0, 0.05) is 17.9 Å². The van der Waals surface area contributed by atoms with Crippen molar-refractivity contribution < 1.29 is 24.3 Å². The predicted molar refractivity (Wildman–Crippen MR) is 110 cm³/mol. The maximum absolute atomic E-state index is 12.7. The largest absolute Gasteiger partial charge is 0.508 e. The van der Waals surface area contributed by atoms with Crippen LogP contribution in [0, 0.1) is 0 Å². The minimum absolute atomic E-state index is 0.0100. The molecule has 1 aromatic carbocycles. The predicted octanol–water partition coefficient (Wildman–Crippen LogP) is -0.785. The second-order valence-corrected chi connectivity index (χ2v) is 7.24. The number of thioether (sulfide) groups is 1. The number of Topliss-reactive ketones (excluding diaryl/α,β-unsaturated/α-hetero) is 2. The molecule has 28 heavy (non-hydrogen) atoms. The molecule has 0 saturated heterocycles. The van der Waals surface area contributed by atoms with Crippen LogP contribution in [0.15, 0.2) is 24.3 Å². The van der Waals surface area contributed by atoms with Crippen molar-refractivity contribution in [2.45, 2.75) is 24.5 Å². The number of amides is 3. The first kappa shape index (κ1) is 23.8. The van der Waals surface area contributed by atoms with E-state index in [1.807, 2.05) is 0 Å². The number of rotatable bonds is 11. The standard InChI is InChI=1S/C17H24N4O5S2/c1-28-8-13(20-16(25)11(18)7-27)15(24)14(23)12(21-17(19)26)6-9-2-4-10(22)5-3-9/h2-5,11-13,22,27H,6-8,18H2,1H3,(H,20,25)(H3,19,21,26)/t11?,12-,13?/m0/s1. The van der Waals surface area contributed by atoms with Crippen molar-refractivity contribution in [3.63, 3.8) is 0 Å². The van der Waals surface area contributed by atoms with Gasteiger partial charge in [0.1, 0.15) is 17.8 Å². The SMILES string of the molecule is CSCC(NC(=O)C(N)CS)C(=O)C(=O)[C@H](Cc1ccc(O)cc1)NC(N)=O. The smallest absolute Gasteiger partial charge is 0.312 e. The summed E-state index contributed by atoms with van der Waals surface area (Å²) in [5.41, 5.74) is 11.3. The minimum Gasteiger partial charge on any atom is -0.508 e. The number of phenolic OH excluding ortho intramolecular Hbond substituents is 1. The number of carbonyl (C=O) groups excluding carboxylic acids is 4. The molecule has 0 aliphatic rings. The molecule has 0 saturated carbocycles. The van der Waals surface area contributed by atoms with Crippen molar-refractivity contribution in [2.24, 2.45) is 11.5 Å². The van der Waals surface area contributed by atoms with Crippen molar-refractivity contribution in [1.29, 1.82) is 0 Å².